The molecule has 10 nitrogen and oxygen atoms in total. The van der Waals surface area contributed by atoms with Gasteiger partial charge in [0, 0.05) is 78.0 Å². The molecule has 0 spiro atoms. The smallest absolute Gasteiger partial charge is 0.416 e. The summed E-state index contributed by atoms with van der Waals surface area (Å²) in [5, 5.41) is 3.66. The number of methoxy groups -OCH3 is 1. The number of terminal acetylenes is 1. The molecule has 2 unspecified atom stereocenters. The molecular weight excluding hydrogens is 605 g/mol. The number of nitrogens with one attached hydrogen (secondary N) is 1. The van der Waals surface area contributed by atoms with Gasteiger partial charge in [0.25, 0.3) is 0 Å². The Bertz CT molecular complexity index is 1270. The van der Waals surface area contributed by atoms with E-state index in [2.05, 4.69) is 16.1 Å². The van der Waals surface area contributed by atoms with Crippen LogP contribution in [0.3, 0.4) is 0 Å². The molecule has 5 atom stereocenters. The molecule has 1 aromatic carbocycles. The highest BCUT2D eigenvalue weighted by Crippen LogP contribution is 2.46. The van der Waals surface area contributed by atoms with Crippen LogP contribution in [0.25, 0.3) is 0 Å². The Labute approximate surface area is 268 Å². The zero-order chi connectivity index (χ0) is 32.9. The van der Waals surface area contributed by atoms with Crippen LogP contribution in [0, 0.1) is 23.7 Å². The van der Waals surface area contributed by atoms with Crippen molar-refractivity contribution in [3.8, 4) is 12.3 Å². The van der Waals surface area contributed by atoms with Gasteiger partial charge in [-0.25, -0.2) is 4.79 Å². The number of carbonyl (C=O) groups excluding carboxylic acids is 2. The van der Waals surface area contributed by atoms with Crippen molar-refractivity contribution in [1.82, 2.24) is 20.0 Å². The Morgan fingerprint density at radius 2 is 1.96 bits per heavy atom. The third-order valence-corrected chi connectivity index (χ3v) is 9.91. The maximum atomic E-state index is 14.5. The molecule has 46 heavy (non-hydrogen) atoms. The quantitative estimate of drug-likeness (QED) is 0.409. The van der Waals surface area contributed by atoms with Crippen LogP contribution in [-0.4, -0.2) is 125 Å². The number of amides is 2. The Balaban J connectivity index is 1.32. The van der Waals surface area contributed by atoms with E-state index in [1.54, 1.807) is 19.1 Å². The lowest BCUT2D eigenvalue weighted by molar-refractivity contribution is -0.142. The lowest BCUT2D eigenvalue weighted by Gasteiger charge is -2.38. The molecule has 3 heterocycles. The van der Waals surface area contributed by atoms with E-state index in [9.17, 15) is 22.8 Å². The van der Waals surface area contributed by atoms with E-state index in [1.165, 1.54) is 11.0 Å². The van der Waals surface area contributed by atoms with Crippen molar-refractivity contribution >= 4 is 12.0 Å². The van der Waals surface area contributed by atoms with E-state index < -0.39 is 29.2 Å². The van der Waals surface area contributed by atoms with Crippen molar-refractivity contribution in [2.24, 2.45) is 11.3 Å². The molecule has 2 saturated heterocycles. The van der Waals surface area contributed by atoms with Gasteiger partial charge in [0.05, 0.1) is 31.5 Å². The Morgan fingerprint density at radius 1 is 1.17 bits per heavy atom. The second-order valence-corrected chi connectivity index (χ2v) is 12.8. The fraction of sp³-hybridized carbons (Fsp3) is 0.697. The number of nitrogens with zero attached hydrogens (tertiary/aromatic N) is 3. The van der Waals surface area contributed by atoms with E-state index in [0.29, 0.717) is 64.3 Å². The molecule has 0 radical (unpaired) electrons. The largest absolute Gasteiger partial charge is 0.448 e. The van der Waals surface area contributed by atoms with Gasteiger partial charge in [0.1, 0.15) is 12.0 Å². The van der Waals surface area contributed by atoms with E-state index in [-0.39, 0.29) is 43.8 Å². The summed E-state index contributed by atoms with van der Waals surface area (Å²) >= 11 is 0. The monoisotopic (exact) mass is 650 g/mol. The number of carbonyl (C=O) groups is 2. The van der Waals surface area contributed by atoms with Gasteiger partial charge in [-0.05, 0) is 48.9 Å². The minimum atomic E-state index is -4.48. The van der Waals surface area contributed by atoms with E-state index in [4.69, 9.17) is 25.4 Å². The number of hydrogen-bond donors (Lipinski definition) is 1. The lowest BCUT2D eigenvalue weighted by atomic mass is 9.76. The predicted molar refractivity (Wildman–Crippen MR) is 163 cm³/mol. The van der Waals surface area contributed by atoms with Gasteiger partial charge >= 0.3 is 12.3 Å². The Kier molecular flexibility index (Phi) is 11.2. The van der Waals surface area contributed by atoms with Crippen molar-refractivity contribution in [2.45, 2.75) is 56.6 Å². The molecule has 0 bridgehead atoms. The second-order valence-electron chi connectivity index (χ2n) is 12.8. The summed E-state index contributed by atoms with van der Waals surface area (Å²) in [5.74, 6) is 2.13. The highest BCUT2D eigenvalue weighted by Gasteiger charge is 2.54. The van der Waals surface area contributed by atoms with Gasteiger partial charge in [0.15, 0.2) is 0 Å². The lowest BCUT2D eigenvalue weighted by Crippen LogP contribution is -2.51. The summed E-state index contributed by atoms with van der Waals surface area (Å²) in [6, 6.07) is 3.56. The molecule has 3 aliphatic heterocycles. The number of fused-ring (bicyclic) bond motifs is 1. The number of alkyl halides is 3. The summed E-state index contributed by atoms with van der Waals surface area (Å²) < 4.78 is 62.6. The van der Waals surface area contributed by atoms with E-state index >= 15 is 0 Å². The predicted octanol–water partition coefficient (Wildman–Crippen LogP) is 2.78. The first-order valence-electron chi connectivity index (χ1n) is 16.0. The molecule has 0 aromatic heterocycles. The van der Waals surface area contributed by atoms with Crippen LogP contribution in [-0.2, 0) is 42.9 Å². The highest BCUT2D eigenvalue weighted by atomic mass is 19.4. The van der Waals surface area contributed by atoms with Crippen LogP contribution < -0.4 is 5.32 Å². The number of halogens is 3. The second kappa shape index (κ2) is 14.9. The summed E-state index contributed by atoms with van der Waals surface area (Å²) in [5.41, 5.74) is -0.753. The molecular formula is C33H45F3N4O6. The average molecular weight is 651 g/mol. The molecule has 4 aliphatic rings. The van der Waals surface area contributed by atoms with Crippen LogP contribution in [0.5, 0.6) is 0 Å². The Hall–Kier alpha value is -2.89. The van der Waals surface area contributed by atoms with Crippen molar-refractivity contribution in [2.75, 3.05) is 79.9 Å². The van der Waals surface area contributed by atoms with Crippen molar-refractivity contribution in [3.63, 3.8) is 0 Å². The van der Waals surface area contributed by atoms with Gasteiger partial charge in [-0.1, -0.05) is 12.0 Å². The number of morpholine rings is 1. The summed E-state index contributed by atoms with van der Waals surface area (Å²) in [7, 11) is 3.28. The number of ether oxygens (including phenoxy) is 4. The normalized spacial score (nSPS) is 28.7. The summed E-state index contributed by atoms with van der Waals surface area (Å²) in [6.07, 6.45) is 3.11. The zero-order valence-electron chi connectivity index (χ0n) is 26.7. The first-order valence-corrected chi connectivity index (χ1v) is 16.0. The number of benzene rings is 1. The van der Waals surface area contributed by atoms with Crippen LogP contribution in [0.15, 0.2) is 18.2 Å². The Morgan fingerprint density at radius 3 is 2.67 bits per heavy atom. The van der Waals surface area contributed by atoms with Gasteiger partial charge in [-0.2, -0.15) is 13.2 Å². The molecule has 254 valence electrons. The standard InChI is InChI=1S/C33H45F3N4O6/c1-4-32(30(41)40-9-7-23-5-6-25(33(34,35)36)17-24(23)20-40)19-27(37-28-8-13-45-22-29(28)43-3)18-26(32)21-38(2)31(42)46-16-12-39-10-14-44-15-11-39/h1,5-6,17,26-29,37H,7-16,18-22H2,2-3H3/t26-,27+,28?,29?,32+/m0/s1. The molecule has 2 amide bonds. The van der Waals surface area contributed by atoms with Crippen molar-refractivity contribution < 1.29 is 41.7 Å². The minimum absolute atomic E-state index is 0.00129. The third-order valence-electron chi connectivity index (χ3n) is 9.91. The van der Waals surface area contributed by atoms with Gasteiger partial charge < -0.3 is 34.1 Å². The first-order chi connectivity index (χ1) is 22.0. The SMILES string of the molecule is C#C[C@@]1(C(=O)N2CCc3ccc(C(F)(F)F)cc3C2)C[C@H](NC2CCOCC2OC)C[C@H]1CN(C)C(=O)OCCN1CCOCC1. The molecule has 1 aliphatic carbocycles. The van der Waals surface area contributed by atoms with Crippen LogP contribution >= 0.6 is 0 Å². The number of hydrogen-bond acceptors (Lipinski definition) is 8. The third kappa shape index (κ3) is 7.80. The fourth-order valence-electron chi connectivity index (χ4n) is 7.27. The number of rotatable bonds is 9. The molecule has 13 heteroatoms. The van der Waals surface area contributed by atoms with Gasteiger partial charge in [0.2, 0.25) is 5.91 Å². The fourth-order valence-corrected chi connectivity index (χ4v) is 7.27. The van der Waals surface area contributed by atoms with E-state index in [0.717, 1.165) is 37.2 Å². The van der Waals surface area contributed by atoms with Crippen LogP contribution in [0.1, 0.15) is 36.0 Å². The minimum Gasteiger partial charge on any atom is -0.448 e. The van der Waals surface area contributed by atoms with Crippen LogP contribution in [0.4, 0.5) is 18.0 Å². The van der Waals surface area contributed by atoms with Crippen molar-refractivity contribution in [3.05, 3.63) is 34.9 Å². The first kappa shape index (κ1) is 34.4. The summed E-state index contributed by atoms with van der Waals surface area (Å²) in [6.45, 7) is 5.31. The summed E-state index contributed by atoms with van der Waals surface area (Å²) in [4.78, 5) is 32.7. The maximum absolute atomic E-state index is 14.5. The molecule has 1 saturated carbocycles. The average Bonchev–Trinajstić information content (AvgIpc) is 3.41. The maximum Gasteiger partial charge on any atom is 0.416 e. The topological polar surface area (TPSA) is 92.8 Å². The van der Waals surface area contributed by atoms with Crippen molar-refractivity contribution in [1.29, 1.82) is 0 Å². The zero-order valence-corrected chi connectivity index (χ0v) is 26.7. The molecule has 1 aromatic rings. The molecule has 1 N–H and O–H groups in total. The van der Waals surface area contributed by atoms with E-state index in [1.807, 2.05) is 0 Å². The molecule has 3 fully saturated rings. The molecule has 5 rings (SSSR count). The van der Waals surface area contributed by atoms with Gasteiger partial charge in [-0.3, -0.25) is 9.69 Å². The highest BCUT2D eigenvalue weighted by molar-refractivity contribution is 5.87. The van der Waals surface area contributed by atoms with Crippen LogP contribution in [0.2, 0.25) is 0 Å². The van der Waals surface area contributed by atoms with Gasteiger partial charge in [-0.15, -0.1) is 6.42 Å².